The van der Waals surface area contributed by atoms with Crippen LogP contribution in [0, 0.1) is 17.6 Å². The summed E-state index contributed by atoms with van der Waals surface area (Å²) in [5.74, 6) is -0.429. The van der Waals surface area contributed by atoms with Crippen molar-refractivity contribution in [2.75, 3.05) is 0 Å². The molecule has 0 radical (unpaired) electrons. The van der Waals surface area contributed by atoms with E-state index >= 15 is 0 Å². The van der Waals surface area contributed by atoms with Gasteiger partial charge in [-0.2, -0.15) is 5.10 Å². The molecule has 0 saturated heterocycles. The third-order valence-electron chi connectivity index (χ3n) is 5.07. The van der Waals surface area contributed by atoms with Gasteiger partial charge in [0.25, 0.3) is 0 Å². The number of carbonyl (C=O) groups excluding carboxylic acids is 1. The quantitative estimate of drug-likeness (QED) is 0.560. The molecule has 0 spiro atoms. The van der Waals surface area contributed by atoms with Crippen LogP contribution in [-0.2, 0) is 0 Å². The van der Waals surface area contributed by atoms with Crippen molar-refractivity contribution >= 4 is 11.3 Å². The van der Waals surface area contributed by atoms with Gasteiger partial charge in [-0.1, -0.05) is 6.07 Å². The highest BCUT2D eigenvalue weighted by Gasteiger charge is 2.30. The SMILES string of the molecule is O=C(CCCC1CC(Oc2cc(F)cc(F)c2)C1)c1cnn2ccccc12. The average Bonchev–Trinajstić information content (AvgIpc) is 3.02. The van der Waals surface area contributed by atoms with Crippen molar-refractivity contribution in [3.8, 4) is 5.75 Å². The first kappa shape index (κ1) is 17.6. The van der Waals surface area contributed by atoms with Crippen LogP contribution < -0.4 is 4.74 Å². The maximum Gasteiger partial charge on any atom is 0.166 e. The van der Waals surface area contributed by atoms with E-state index in [0.29, 0.717) is 17.9 Å². The van der Waals surface area contributed by atoms with Crippen molar-refractivity contribution in [3.05, 3.63) is 66.0 Å². The van der Waals surface area contributed by atoms with Crippen LogP contribution in [0.1, 0.15) is 42.5 Å². The van der Waals surface area contributed by atoms with Crippen molar-refractivity contribution in [3.63, 3.8) is 0 Å². The second-order valence-electron chi connectivity index (χ2n) is 7.09. The molecule has 0 aliphatic heterocycles. The molecule has 0 amide bonds. The molecule has 140 valence electrons. The van der Waals surface area contributed by atoms with Crippen LogP contribution in [0.2, 0.25) is 0 Å². The number of Topliss-reactive ketones (excluding diaryl/α,β-unsaturated/α-hetero) is 1. The molecule has 0 atom stereocenters. The first-order valence-electron chi connectivity index (χ1n) is 9.17. The van der Waals surface area contributed by atoms with Gasteiger partial charge in [0.05, 0.1) is 23.4 Å². The van der Waals surface area contributed by atoms with Gasteiger partial charge in [-0.05, 0) is 43.7 Å². The van der Waals surface area contributed by atoms with Crippen LogP contribution in [0.5, 0.6) is 5.75 Å². The first-order chi connectivity index (χ1) is 13.1. The van der Waals surface area contributed by atoms with Crippen LogP contribution in [0.25, 0.3) is 5.52 Å². The second-order valence-corrected chi connectivity index (χ2v) is 7.09. The maximum atomic E-state index is 13.2. The molecule has 6 heteroatoms. The number of ketones is 1. The number of rotatable bonds is 7. The number of carbonyl (C=O) groups is 1. The molecule has 1 aliphatic rings. The number of nitrogens with zero attached hydrogens (tertiary/aromatic N) is 2. The molecule has 1 aliphatic carbocycles. The van der Waals surface area contributed by atoms with Gasteiger partial charge in [-0.3, -0.25) is 4.79 Å². The summed E-state index contributed by atoms with van der Waals surface area (Å²) in [6.07, 6.45) is 7.40. The van der Waals surface area contributed by atoms with Gasteiger partial charge in [0.1, 0.15) is 17.4 Å². The van der Waals surface area contributed by atoms with Crippen molar-refractivity contribution in [2.45, 2.75) is 38.2 Å². The first-order valence-corrected chi connectivity index (χ1v) is 9.17. The normalized spacial score (nSPS) is 19.0. The molecule has 0 N–H and O–H groups in total. The van der Waals surface area contributed by atoms with Gasteiger partial charge in [0, 0.05) is 30.8 Å². The minimum atomic E-state index is -0.632. The van der Waals surface area contributed by atoms with Crippen molar-refractivity contribution in [1.82, 2.24) is 9.61 Å². The predicted octanol–water partition coefficient (Wildman–Crippen LogP) is 4.82. The van der Waals surface area contributed by atoms with E-state index in [-0.39, 0.29) is 17.6 Å². The average molecular weight is 370 g/mol. The summed E-state index contributed by atoms with van der Waals surface area (Å²) in [6.45, 7) is 0. The zero-order valence-corrected chi connectivity index (χ0v) is 14.8. The van der Waals surface area contributed by atoms with Crippen LogP contribution >= 0.6 is 0 Å². The van der Waals surface area contributed by atoms with Crippen molar-refractivity contribution in [2.24, 2.45) is 5.92 Å². The molecule has 4 rings (SSSR count). The summed E-state index contributed by atoms with van der Waals surface area (Å²) in [5.41, 5.74) is 1.50. The Morgan fingerprint density at radius 2 is 1.96 bits per heavy atom. The maximum absolute atomic E-state index is 13.2. The molecular weight excluding hydrogens is 350 g/mol. The Bertz CT molecular complexity index is 943. The van der Waals surface area contributed by atoms with Gasteiger partial charge in [0.15, 0.2) is 5.78 Å². The van der Waals surface area contributed by atoms with E-state index in [9.17, 15) is 13.6 Å². The molecule has 3 aromatic rings. The van der Waals surface area contributed by atoms with E-state index in [4.69, 9.17) is 4.74 Å². The molecule has 1 fully saturated rings. The van der Waals surface area contributed by atoms with Gasteiger partial charge < -0.3 is 4.74 Å². The molecule has 27 heavy (non-hydrogen) atoms. The van der Waals surface area contributed by atoms with E-state index < -0.39 is 11.6 Å². The Labute approximate surface area is 155 Å². The lowest BCUT2D eigenvalue weighted by molar-refractivity contribution is 0.0586. The molecular formula is C21H20F2N2O2. The third-order valence-corrected chi connectivity index (χ3v) is 5.07. The van der Waals surface area contributed by atoms with Crippen LogP contribution in [0.3, 0.4) is 0 Å². The number of fused-ring (bicyclic) bond motifs is 1. The fraction of sp³-hybridized carbons (Fsp3) is 0.333. The van der Waals surface area contributed by atoms with E-state index in [2.05, 4.69) is 5.10 Å². The molecule has 2 aromatic heterocycles. The van der Waals surface area contributed by atoms with E-state index in [0.717, 1.165) is 37.3 Å². The van der Waals surface area contributed by atoms with Gasteiger partial charge in [-0.15, -0.1) is 0 Å². The highest BCUT2D eigenvalue weighted by atomic mass is 19.1. The number of ether oxygens (including phenoxy) is 1. The second kappa shape index (κ2) is 7.47. The smallest absolute Gasteiger partial charge is 0.166 e. The summed E-state index contributed by atoms with van der Waals surface area (Å²) in [5, 5.41) is 4.20. The highest BCUT2D eigenvalue weighted by molar-refractivity contribution is 6.02. The Morgan fingerprint density at radius 1 is 1.19 bits per heavy atom. The van der Waals surface area contributed by atoms with E-state index in [1.165, 1.54) is 12.1 Å². The number of aromatic nitrogens is 2. The molecule has 0 unspecified atom stereocenters. The lowest BCUT2D eigenvalue weighted by Gasteiger charge is -2.35. The molecule has 1 aromatic carbocycles. The number of hydrogen-bond acceptors (Lipinski definition) is 3. The summed E-state index contributed by atoms with van der Waals surface area (Å²) in [6, 6.07) is 8.89. The minimum Gasteiger partial charge on any atom is -0.490 e. The highest BCUT2D eigenvalue weighted by Crippen LogP contribution is 2.35. The summed E-state index contributed by atoms with van der Waals surface area (Å²) < 4.78 is 33.7. The largest absolute Gasteiger partial charge is 0.490 e. The Hall–Kier alpha value is -2.76. The predicted molar refractivity (Wildman–Crippen MR) is 96.9 cm³/mol. The minimum absolute atomic E-state index is 0.00785. The van der Waals surface area contributed by atoms with Crippen molar-refractivity contribution in [1.29, 1.82) is 0 Å². The lowest BCUT2D eigenvalue weighted by atomic mass is 9.79. The van der Waals surface area contributed by atoms with Crippen LogP contribution in [0.15, 0.2) is 48.8 Å². The fourth-order valence-corrected chi connectivity index (χ4v) is 3.63. The third kappa shape index (κ3) is 3.99. The lowest BCUT2D eigenvalue weighted by Crippen LogP contribution is -2.33. The standard InChI is InChI=1S/C21H20F2N2O2/c22-15-10-16(23)12-18(11-15)27-17-8-14(9-17)4-3-6-21(26)19-13-24-25-7-2-1-5-20(19)25/h1-2,5,7,10-14,17H,3-4,6,8-9H2. The van der Waals surface area contributed by atoms with Gasteiger partial charge in [0.2, 0.25) is 0 Å². The molecule has 1 saturated carbocycles. The zero-order chi connectivity index (χ0) is 18.8. The number of benzene rings is 1. The van der Waals surface area contributed by atoms with Crippen LogP contribution in [-0.4, -0.2) is 21.5 Å². The number of halogens is 2. The van der Waals surface area contributed by atoms with Gasteiger partial charge >= 0.3 is 0 Å². The Morgan fingerprint density at radius 3 is 2.74 bits per heavy atom. The topological polar surface area (TPSA) is 43.6 Å². The monoisotopic (exact) mass is 370 g/mol. The van der Waals surface area contributed by atoms with E-state index in [1.807, 2.05) is 24.4 Å². The number of pyridine rings is 1. The summed E-state index contributed by atoms with van der Waals surface area (Å²) in [4.78, 5) is 12.4. The number of hydrogen-bond donors (Lipinski definition) is 0. The van der Waals surface area contributed by atoms with Gasteiger partial charge in [-0.25, -0.2) is 13.3 Å². The van der Waals surface area contributed by atoms with Crippen molar-refractivity contribution < 1.29 is 18.3 Å². The molecule has 0 bridgehead atoms. The fourth-order valence-electron chi connectivity index (χ4n) is 3.63. The summed E-state index contributed by atoms with van der Waals surface area (Å²) >= 11 is 0. The molecule has 2 heterocycles. The zero-order valence-electron chi connectivity index (χ0n) is 14.8. The summed E-state index contributed by atoms with van der Waals surface area (Å²) in [7, 11) is 0. The molecule has 4 nitrogen and oxygen atoms in total. The van der Waals surface area contributed by atoms with E-state index in [1.54, 1.807) is 10.7 Å². The Balaban J connectivity index is 1.21. The van der Waals surface area contributed by atoms with Crippen LogP contribution in [0.4, 0.5) is 8.78 Å². The Kier molecular flexibility index (Phi) is 4.88.